The first kappa shape index (κ1) is 15.0. The average molecular weight is 336 g/mol. The van der Waals surface area contributed by atoms with E-state index in [2.05, 4.69) is 27.8 Å². The van der Waals surface area contributed by atoms with Crippen LogP contribution in [0.5, 0.6) is 0 Å². The lowest BCUT2D eigenvalue weighted by molar-refractivity contribution is 0.621. The second-order valence-corrected chi connectivity index (χ2v) is 5.32. The minimum atomic E-state index is -0.165. The lowest BCUT2D eigenvalue weighted by Gasteiger charge is -2.25. The molecule has 1 nitrogen and oxygen atoms in total. The van der Waals surface area contributed by atoms with Crippen LogP contribution in [-0.4, -0.2) is 6.54 Å². The monoisotopic (exact) mass is 335 g/mol. The minimum absolute atomic E-state index is 0.165. The van der Waals surface area contributed by atoms with Gasteiger partial charge in [-0.2, -0.15) is 0 Å². The second-order valence-electron chi connectivity index (χ2n) is 4.76. The highest BCUT2D eigenvalue weighted by molar-refractivity contribution is 9.08. The van der Waals surface area contributed by atoms with Crippen LogP contribution in [0.3, 0.4) is 0 Å². The van der Waals surface area contributed by atoms with Crippen LogP contribution >= 0.6 is 15.9 Å². The van der Waals surface area contributed by atoms with Crippen molar-refractivity contribution in [2.75, 3.05) is 11.4 Å². The van der Waals surface area contributed by atoms with Crippen molar-refractivity contribution in [3.8, 4) is 0 Å². The normalized spacial score (nSPS) is 10.6. The summed E-state index contributed by atoms with van der Waals surface area (Å²) in [5.41, 5.74) is 2.63. The highest BCUT2D eigenvalue weighted by atomic mass is 79.9. The molecule has 0 heterocycles. The fourth-order valence-electron chi connectivity index (χ4n) is 2.17. The molecule has 0 saturated carbocycles. The van der Waals surface area contributed by atoms with Gasteiger partial charge in [0.05, 0.1) is 5.69 Å². The van der Waals surface area contributed by atoms with Gasteiger partial charge in [0.2, 0.25) is 0 Å². The molecule has 0 radical (unpaired) electrons. The number of anilines is 2. The van der Waals surface area contributed by atoms with Gasteiger partial charge in [-0.1, -0.05) is 53.5 Å². The van der Waals surface area contributed by atoms with Gasteiger partial charge >= 0.3 is 0 Å². The molecule has 106 valence electrons. The summed E-state index contributed by atoms with van der Waals surface area (Å²) in [6.07, 6.45) is 2.12. The molecule has 0 N–H and O–H groups in total. The van der Waals surface area contributed by atoms with Crippen LogP contribution in [0.15, 0.2) is 48.5 Å². The standard InChI is InChI=1S/C17H19BrFN/c1-2-3-11-20(15-7-5-4-6-8-15)17-10-9-14(13-18)12-16(17)19/h4-10,12H,2-3,11,13H2,1H3. The van der Waals surface area contributed by atoms with Gasteiger partial charge in [0, 0.05) is 17.6 Å². The molecule has 0 aliphatic heterocycles. The Morgan fingerprint density at radius 1 is 1.10 bits per heavy atom. The fraction of sp³-hybridized carbons (Fsp3) is 0.294. The van der Waals surface area contributed by atoms with Crippen molar-refractivity contribution in [1.29, 1.82) is 0 Å². The van der Waals surface area contributed by atoms with E-state index in [1.807, 2.05) is 42.5 Å². The van der Waals surface area contributed by atoms with Crippen LogP contribution in [-0.2, 0) is 5.33 Å². The molecular weight excluding hydrogens is 317 g/mol. The van der Waals surface area contributed by atoms with Gasteiger partial charge in [-0.15, -0.1) is 0 Å². The van der Waals surface area contributed by atoms with E-state index in [0.717, 1.165) is 30.6 Å². The number of unbranched alkanes of at least 4 members (excludes halogenated alkanes) is 1. The zero-order valence-electron chi connectivity index (χ0n) is 11.7. The SMILES string of the molecule is CCCCN(c1ccccc1)c1ccc(CBr)cc1F. The number of rotatable bonds is 6. The minimum Gasteiger partial charge on any atom is -0.339 e. The van der Waals surface area contributed by atoms with Gasteiger partial charge in [-0.25, -0.2) is 4.39 Å². The molecule has 0 bridgehead atoms. The molecule has 2 rings (SSSR count). The maximum Gasteiger partial charge on any atom is 0.147 e. The van der Waals surface area contributed by atoms with Crippen molar-refractivity contribution in [2.24, 2.45) is 0 Å². The summed E-state index contributed by atoms with van der Waals surface area (Å²) in [5, 5.41) is 0.671. The Bertz CT molecular complexity index is 542. The zero-order chi connectivity index (χ0) is 14.4. The van der Waals surface area contributed by atoms with Crippen molar-refractivity contribution in [1.82, 2.24) is 0 Å². The Hall–Kier alpha value is -1.35. The van der Waals surface area contributed by atoms with E-state index < -0.39 is 0 Å². The van der Waals surface area contributed by atoms with Gasteiger partial charge in [-0.3, -0.25) is 0 Å². The maximum atomic E-state index is 14.3. The van der Waals surface area contributed by atoms with Crippen LogP contribution in [0, 0.1) is 5.82 Å². The van der Waals surface area contributed by atoms with Crippen LogP contribution < -0.4 is 4.90 Å². The highest BCUT2D eigenvalue weighted by Crippen LogP contribution is 2.29. The number of hydrogen-bond donors (Lipinski definition) is 0. The Morgan fingerprint density at radius 2 is 1.85 bits per heavy atom. The fourth-order valence-corrected chi connectivity index (χ4v) is 2.51. The van der Waals surface area contributed by atoms with E-state index in [4.69, 9.17) is 0 Å². The molecule has 20 heavy (non-hydrogen) atoms. The van der Waals surface area contributed by atoms with Crippen molar-refractivity contribution in [2.45, 2.75) is 25.1 Å². The van der Waals surface area contributed by atoms with Gasteiger partial charge < -0.3 is 4.90 Å². The summed E-state index contributed by atoms with van der Waals surface area (Å²) < 4.78 is 14.3. The predicted octanol–water partition coefficient (Wildman–Crippen LogP) is 5.66. The lowest BCUT2D eigenvalue weighted by Crippen LogP contribution is -2.19. The van der Waals surface area contributed by atoms with Crippen LogP contribution in [0.2, 0.25) is 0 Å². The molecule has 0 aliphatic rings. The van der Waals surface area contributed by atoms with Crippen molar-refractivity contribution >= 4 is 27.3 Å². The number of para-hydroxylation sites is 1. The van der Waals surface area contributed by atoms with Crippen molar-refractivity contribution in [3.05, 3.63) is 59.9 Å². The number of nitrogens with zero attached hydrogens (tertiary/aromatic N) is 1. The largest absolute Gasteiger partial charge is 0.339 e. The van der Waals surface area contributed by atoms with E-state index in [1.165, 1.54) is 0 Å². The molecule has 0 amide bonds. The third-order valence-corrected chi connectivity index (χ3v) is 3.91. The molecular formula is C17H19BrFN. The Morgan fingerprint density at radius 3 is 2.45 bits per heavy atom. The first-order chi connectivity index (χ1) is 9.76. The third-order valence-electron chi connectivity index (χ3n) is 3.26. The first-order valence-corrected chi connectivity index (χ1v) is 8.05. The van der Waals surface area contributed by atoms with Crippen molar-refractivity contribution < 1.29 is 4.39 Å². The maximum absolute atomic E-state index is 14.3. The smallest absolute Gasteiger partial charge is 0.147 e. The molecule has 0 atom stereocenters. The van der Waals surface area contributed by atoms with Crippen LogP contribution in [0.25, 0.3) is 0 Å². The number of halogens is 2. The summed E-state index contributed by atoms with van der Waals surface area (Å²) in [5.74, 6) is -0.165. The second kappa shape index (κ2) is 7.44. The summed E-state index contributed by atoms with van der Waals surface area (Å²) in [4.78, 5) is 2.05. The summed E-state index contributed by atoms with van der Waals surface area (Å²) in [6.45, 7) is 2.97. The Balaban J connectivity index is 2.36. The van der Waals surface area contributed by atoms with E-state index in [9.17, 15) is 4.39 Å². The summed E-state index contributed by atoms with van der Waals surface area (Å²) >= 11 is 3.36. The third kappa shape index (κ3) is 3.60. The molecule has 0 aromatic heterocycles. The number of hydrogen-bond acceptors (Lipinski definition) is 1. The first-order valence-electron chi connectivity index (χ1n) is 6.93. The van der Waals surface area contributed by atoms with Gasteiger partial charge in [-0.05, 0) is 36.2 Å². The molecule has 0 spiro atoms. The van der Waals surface area contributed by atoms with E-state index in [-0.39, 0.29) is 5.82 Å². The summed E-state index contributed by atoms with van der Waals surface area (Å²) in [6, 6.07) is 15.4. The van der Waals surface area contributed by atoms with Crippen LogP contribution in [0.4, 0.5) is 15.8 Å². The zero-order valence-corrected chi connectivity index (χ0v) is 13.2. The van der Waals surface area contributed by atoms with Crippen LogP contribution in [0.1, 0.15) is 25.3 Å². The number of alkyl halides is 1. The topological polar surface area (TPSA) is 3.24 Å². The number of benzene rings is 2. The average Bonchev–Trinajstić information content (AvgIpc) is 2.50. The molecule has 2 aromatic carbocycles. The molecule has 0 aliphatic carbocycles. The van der Waals surface area contributed by atoms with E-state index in [1.54, 1.807) is 6.07 Å². The Kier molecular flexibility index (Phi) is 5.60. The molecule has 0 unspecified atom stereocenters. The van der Waals surface area contributed by atoms with Crippen molar-refractivity contribution in [3.63, 3.8) is 0 Å². The summed E-state index contributed by atoms with van der Waals surface area (Å²) in [7, 11) is 0. The predicted molar refractivity (Wildman–Crippen MR) is 87.4 cm³/mol. The van der Waals surface area contributed by atoms with E-state index in [0.29, 0.717) is 11.0 Å². The lowest BCUT2D eigenvalue weighted by atomic mass is 10.1. The Labute approximate surface area is 128 Å². The molecule has 3 heteroatoms. The molecule has 0 saturated heterocycles. The quantitative estimate of drug-likeness (QED) is 0.615. The van der Waals surface area contributed by atoms with Gasteiger partial charge in [0.1, 0.15) is 5.82 Å². The van der Waals surface area contributed by atoms with E-state index >= 15 is 0 Å². The molecule has 2 aromatic rings. The van der Waals surface area contributed by atoms with Gasteiger partial charge in [0.25, 0.3) is 0 Å². The van der Waals surface area contributed by atoms with Gasteiger partial charge in [0.15, 0.2) is 0 Å². The molecule has 0 fully saturated rings. The highest BCUT2D eigenvalue weighted by Gasteiger charge is 2.13.